The Morgan fingerprint density at radius 1 is 1.52 bits per heavy atom. The lowest BCUT2D eigenvalue weighted by Crippen LogP contribution is -2.22. The lowest BCUT2D eigenvalue weighted by Gasteiger charge is -2.10. The van der Waals surface area contributed by atoms with E-state index < -0.39 is 0 Å². The molecule has 0 aliphatic carbocycles. The minimum atomic E-state index is -0.375. The predicted octanol–water partition coefficient (Wildman–Crippen LogP) is 3.70. The van der Waals surface area contributed by atoms with Gasteiger partial charge < -0.3 is 10.6 Å². The van der Waals surface area contributed by atoms with E-state index in [1.54, 1.807) is 32.1 Å². The Hall–Kier alpha value is -1.93. The fourth-order valence-electron chi connectivity index (χ4n) is 1.61. The molecule has 0 spiro atoms. The molecule has 0 bridgehead atoms. The second-order valence-corrected chi connectivity index (χ2v) is 7.32. The van der Waals surface area contributed by atoms with Crippen molar-refractivity contribution in [2.24, 2.45) is 0 Å². The molecule has 2 aromatic rings. The van der Waals surface area contributed by atoms with Crippen LogP contribution < -0.4 is 10.6 Å². The molecule has 1 heterocycles. The van der Waals surface area contributed by atoms with Gasteiger partial charge in [-0.1, -0.05) is 35.2 Å². The first kappa shape index (κ1) is 17.4. The molecule has 5 nitrogen and oxygen atoms in total. The molecule has 2 rings (SSSR count). The van der Waals surface area contributed by atoms with Crippen LogP contribution >= 0.6 is 23.1 Å². The number of rotatable bonds is 7. The van der Waals surface area contributed by atoms with Gasteiger partial charge in [-0.3, -0.25) is 4.79 Å². The number of nitrogens with zero attached hydrogens (tertiary/aromatic N) is 2. The highest BCUT2D eigenvalue weighted by molar-refractivity contribution is 8.02. The smallest absolute Gasteiger partial charge is 0.237 e. The first-order valence-electron chi connectivity index (χ1n) is 6.91. The molecular weight excluding hydrogens is 335 g/mol. The van der Waals surface area contributed by atoms with Gasteiger partial charge in [-0.05, 0) is 31.5 Å². The zero-order chi connectivity index (χ0) is 16.8. The number of aryl methyl sites for hydroxylation is 1. The number of hydrogen-bond donors (Lipinski definition) is 2. The third-order valence-corrected chi connectivity index (χ3v) is 4.96. The fraction of sp³-hybridized carbons (Fsp3) is 0.267. The topological polar surface area (TPSA) is 66.9 Å². The van der Waals surface area contributed by atoms with E-state index in [2.05, 4.69) is 27.4 Å². The summed E-state index contributed by atoms with van der Waals surface area (Å²) in [7, 11) is 0. The van der Waals surface area contributed by atoms with Crippen LogP contribution in [0.2, 0.25) is 0 Å². The monoisotopic (exact) mass is 352 g/mol. The predicted molar refractivity (Wildman–Crippen MR) is 93.7 cm³/mol. The molecule has 0 unspecified atom stereocenters. The molecule has 1 aromatic carbocycles. The van der Waals surface area contributed by atoms with E-state index in [4.69, 9.17) is 0 Å². The van der Waals surface area contributed by atoms with E-state index in [-0.39, 0.29) is 17.0 Å². The van der Waals surface area contributed by atoms with Crippen molar-refractivity contribution in [3.05, 3.63) is 42.2 Å². The molecule has 1 amide bonds. The van der Waals surface area contributed by atoms with Crippen molar-refractivity contribution in [2.45, 2.75) is 23.4 Å². The van der Waals surface area contributed by atoms with E-state index in [1.165, 1.54) is 29.2 Å². The van der Waals surface area contributed by atoms with Gasteiger partial charge in [-0.2, -0.15) is 0 Å². The number of benzene rings is 1. The van der Waals surface area contributed by atoms with Crippen molar-refractivity contribution in [3.8, 4) is 0 Å². The minimum absolute atomic E-state index is 0.214. The molecule has 0 fully saturated rings. The summed E-state index contributed by atoms with van der Waals surface area (Å²) in [6.07, 6.45) is 1.73. The van der Waals surface area contributed by atoms with Gasteiger partial charge in [0.1, 0.15) is 5.82 Å². The van der Waals surface area contributed by atoms with Crippen molar-refractivity contribution in [1.82, 2.24) is 10.2 Å². The van der Waals surface area contributed by atoms with Crippen molar-refractivity contribution in [3.63, 3.8) is 0 Å². The molecule has 23 heavy (non-hydrogen) atoms. The maximum atomic E-state index is 13.5. The Morgan fingerprint density at radius 2 is 2.30 bits per heavy atom. The van der Waals surface area contributed by atoms with Crippen LogP contribution in [0.25, 0.3) is 0 Å². The summed E-state index contributed by atoms with van der Waals surface area (Å²) in [4.78, 5) is 12.2. The highest BCUT2D eigenvalue weighted by Gasteiger charge is 2.17. The van der Waals surface area contributed by atoms with Gasteiger partial charge in [-0.25, -0.2) is 4.39 Å². The first-order valence-corrected chi connectivity index (χ1v) is 8.61. The van der Waals surface area contributed by atoms with Crippen LogP contribution in [0, 0.1) is 12.7 Å². The summed E-state index contributed by atoms with van der Waals surface area (Å²) < 4.78 is 14.2. The van der Waals surface area contributed by atoms with Gasteiger partial charge in [0.2, 0.25) is 11.0 Å². The average molecular weight is 352 g/mol. The number of carbonyl (C=O) groups excluding carboxylic acids is 1. The van der Waals surface area contributed by atoms with E-state index in [0.29, 0.717) is 27.3 Å². The molecule has 0 aliphatic heterocycles. The lowest BCUT2D eigenvalue weighted by atomic mass is 10.2. The SMILES string of the molecule is C=CCNc1nnc(S[C@H](C)C(=O)Nc2ccc(C)c(F)c2)s1. The third kappa shape index (κ3) is 5.04. The molecule has 1 aromatic heterocycles. The zero-order valence-corrected chi connectivity index (χ0v) is 14.4. The summed E-state index contributed by atoms with van der Waals surface area (Å²) in [6.45, 7) is 7.66. The number of anilines is 2. The van der Waals surface area contributed by atoms with Crippen molar-refractivity contribution in [1.29, 1.82) is 0 Å². The lowest BCUT2D eigenvalue weighted by molar-refractivity contribution is -0.115. The molecule has 0 saturated heterocycles. The van der Waals surface area contributed by atoms with Crippen LogP contribution in [0.3, 0.4) is 0 Å². The largest absolute Gasteiger partial charge is 0.357 e. The Bertz CT molecular complexity index is 705. The molecule has 0 aliphatic rings. The summed E-state index contributed by atoms with van der Waals surface area (Å²) in [6, 6.07) is 4.62. The number of hydrogen-bond acceptors (Lipinski definition) is 6. The minimum Gasteiger partial charge on any atom is -0.357 e. The van der Waals surface area contributed by atoms with Gasteiger partial charge >= 0.3 is 0 Å². The Labute approximate surface area is 142 Å². The maximum absolute atomic E-state index is 13.5. The Balaban J connectivity index is 1.92. The molecule has 0 radical (unpaired) electrons. The second-order valence-electron chi connectivity index (χ2n) is 4.76. The van der Waals surface area contributed by atoms with Crippen molar-refractivity contribution in [2.75, 3.05) is 17.2 Å². The van der Waals surface area contributed by atoms with Crippen LogP contribution in [-0.2, 0) is 4.79 Å². The van der Waals surface area contributed by atoms with Crippen molar-refractivity contribution < 1.29 is 9.18 Å². The molecule has 2 N–H and O–H groups in total. The number of aromatic nitrogens is 2. The Morgan fingerprint density at radius 3 is 3.00 bits per heavy atom. The zero-order valence-electron chi connectivity index (χ0n) is 12.8. The molecule has 0 saturated carbocycles. The normalized spacial score (nSPS) is 11.8. The van der Waals surface area contributed by atoms with Gasteiger partial charge in [0.15, 0.2) is 4.34 Å². The van der Waals surface area contributed by atoms with Crippen molar-refractivity contribution >= 4 is 39.8 Å². The third-order valence-electron chi connectivity index (χ3n) is 2.89. The number of nitrogens with one attached hydrogen (secondary N) is 2. The van der Waals surface area contributed by atoms with Crippen LogP contribution in [0.15, 0.2) is 35.2 Å². The highest BCUT2D eigenvalue weighted by atomic mass is 32.2. The maximum Gasteiger partial charge on any atom is 0.237 e. The van der Waals surface area contributed by atoms with Crippen LogP contribution in [0.4, 0.5) is 15.2 Å². The Kier molecular flexibility index (Phi) is 6.12. The van der Waals surface area contributed by atoms with Gasteiger partial charge in [0, 0.05) is 12.2 Å². The summed E-state index contributed by atoms with van der Waals surface area (Å²) in [5, 5.41) is 14.0. The van der Waals surface area contributed by atoms with E-state index in [0.717, 1.165) is 0 Å². The standard InChI is InChI=1S/C15H17FN4OS2/c1-4-7-17-14-19-20-15(23-14)22-10(3)13(21)18-11-6-5-9(2)12(16)8-11/h4-6,8,10H,1,7H2,2-3H3,(H,17,19)(H,18,21)/t10-/m1/s1. The number of halogens is 1. The number of thioether (sulfide) groups is 1. The summed E-state index contributed by atoms with van der Waals surface area (Å²) in [5.41, 5.74) is 0.981. The summed E-state index contributed by atoms with van der Waals surface area (Å²) >= 11 is 2.68. The quantitative estimate of drug-likeness (QED) is 0.587. The number of amides is 1. The average Bonchev–Trinajstić information content (AvgIpc) is 2.96. The van der Waals surface area contributed by atoms with Crippen LogP contribution in [-0.4, -0.2) is 27.9 Å². The molecule has 122 valence electrons. The van der Waals surface area contributed by atoms with E-state index >= 15 is 0 Å². The molecule has 8 heteroatoms. The van der Waals surface area contributed by atoms with Crippen LogP contribution in [0.5, 0.6) is 0 Å². The van der Waals surface area contributed by atoms with Crippen LogP contribution in [0.1, 0.15) is 12.5 Å². The fourth-order valence-corrected chi connectivity index (χ4v) is 3.51. The van der Waals surface area contributed by atoms with Gasteiger partial charge in [0.25, 0.3) is 0 Å². The highest BCUT2D eigenvalue weighted by Crippen LogP contribution is 2.29. The van der Waals surface area contributed by atoms with E-state index in [1.807, 2.05) is 0 Å². The van der Waals surface area contributed by atoms with E-state index in [9.17, 15) is 9.18 Å². The first-order chi connectivity index (χ1) is 11.0. The second kappa shape index (κ2) is 8.07. The summed E-state index contributed by atoms with van der Waals surface area (Å²) in [5.74, 6) is -0.556. The number of carbonyl (C=O) groups is 1. The molecule has 1 atom stereocenters. The van der Waals surface area contributed by atoms with Gasteiger partial charge in [-0.15, -0.1) is 16.8 Å². The molecular formula is C15H17FN4OS2. The van der Waals surface area contributed by atoms with Gasteiger partial charge in [0.05, 0.1) is 5.25 Å².